The van der Waals surface area contributed by atoms with Gasteiger partial charge in [-0.25, -0.2) is 5.11 Å². The van der Waals surface area contributed by atoms with Crippen molar-refractivity contribution in [2.75, 3.05) is 13.7 Å². The van der Waals surface area contributed by atoms with E-state index in [-0.39, 0.29) is 52.3 Å². The number of benzene rings is 1. The van der Waals surface area contributed by atoms with Crippen LogP contribution in [0.5, 0.6) is 0 Å². The van der Waals surface area contributed by atoms with Crippen LogP contribution in [0.3, 0.4) is 0 Å². The van der Waals surface area contributed by atoms with Crippen LogP contribution in [0.4, 0.5) is 0 Å². The molecule has 5 nitrogen and oxygen atoms in total. The molecule has 0 spiro atoms. The van der Waals surface area contributed by atoms with E-state index < -0.39 is 11.7 Å². The molecule has 2 atom stereocenters. The van der Waals surface area contributed by atoms with Crippen LogP contribution >= 0.6 is 0 Å². The van der Waals surface area contributed by atoms with Gasteiger partial charge in [0, 0.05) is 12.5 Å². The Morgan fingerprint density at radius 3 is 2.58 bits per heavy atom. The largest absolute Gasteiger partial charge is 1.00 e. The van der Waals surface area contributed by atoms with E-state index in [1.807, 2.05) is 44.2 Å². The van der Waals surface area contributed by atoms with E-state index in [0.717, 1.165) is 5.56 Å². The van der Waals surface area contributed by atoms with Crippen LogP contribution in [0.2, 0.25) is 0 Å². The summed E-state index contributed by atoms with van der Waals surface area (Å²) in [4.78, 5) is 0. The van der Waals surface area contributed by atoms with Gasteiger partial charge in [0.2, 0.25) is 0 Å². The Kier molecular flexibility index (Phi) is 11.2. The number of methoxy groups -OCH3 is 1. The van der Waals surface area contributed by atoms with E-state index in [4.69, 9.17) is 14.2 Å². The van der Waals surface area contributed by atoms with Crippen LogP contribution in [0, 0.1) is 0 Å². The quantitative estimate of drug-likeness (QED) is 0.376. The van der Waals surface area contributed by atoms with Crippen LogP contribution in [-0.2, 0) is 58.3 Å². The van der Waals surface area contributed by atoms with Gasteiger partial charge in [0.05, 0.1) is 32.5 Å². The minimum Gasteiger partial charge on any atom is -1.00 e. The fraction of sp³-hybridized carbons (Fsp3) is 0.529. The molecule has 0 bridgehead atoms. The second-order valence-corrected chi connectivity index (χ2v) is 5.72. The van der Waals surface area contributed by atoms with Gasteiger partial charge in [-0.05, 0) is 19.4 Å². The maximum Gasteiger partial charge on any atom is 1.00 e. The maximum absolute atomic E-state index is 11.4. The molecule has 0 amide bonds. The summed E-state index contributed by atoms with van der Waals surface area (Å²) in [5, 5.41) is 11.4. The van der Waals surface area contributed by atoms with Gasteiger partial charge in [0.1, 0.15) is 0 Å². The smallest absolute Gasteiger partial charge is 1.00 e. The zero-order chi connectivity index (χ0) is 16.0. The summed E-state index contributed by atoms with van der Waals surface area (Å²) in [6.45, 7) is 4.64. The second kappa shape index (κ2) is 11.3. The molecule has 130 valence electrons. The molecule has 0 aromatic heterocycles. The fourth-order valence-electron chi connectivity index (χ4n) is 2.46. The van der Waals surface area contributed by atoms with E-state index >= 15 is 0 Å². The third kappa shape index (κ3) is 8.16. The van der Waals surface area contributed by atoms with Gasteiger partial charge in [-0.2, -0.15) is 0 Å². The predicted molar refractivity (Wildman–Crippen MR) is 80.3 cm³/mol. The predicted octanol–water partition coefficient (Wildman–Crippen LogP) is 0.0332. The average Bonchev–Trinajstić information content (AvgIpc) is 2.46. The SMILES string of the molecule is COC([O])=C[C@@H]1C[C@H](COCc2ccccc2)OC(C)(C)O1.[Cl-].[Hg+]. The molecule has 1 aliphatic heterocycles. The van der Waals surface area contributed by atoms with Crippen LogP contribution in [0.25, 0.3) is 0 Å². The molecule has 0 saturated carbocycles. The van der Waals surface area contributed by atoms with Gasteiger partial charge in [-0.15, -0.1) is 0 Å². The Labute approximate surface area is 170 Å². The first-order valence-electron chi connectivity index (χ1n) is 7.38. The van der Waals surface area contributed by atoms with Crippen molar-refractivity contribution in [1.29, 1.82) is 0 Å². The first-order chi connectivity index (χ1) is 10.5. The third-order valence-corrected chi connectivity index (χ3v) is 3.32. The van der Waals surface area contributed by atoms with Crippen LogP contribution < -0.4 is 12.4 Å². The molecular formula is C17H23ClHgO5. The number of hydrogen-bond donors (Lipinski definition) is 0. The van der Waals surface area contributed by atoms with Crippen molar-refractivity contribution < 1.29 is 64.1 Å². The summed E-state index contributed by atoms with van der Waals surface area (Å²) in [5.74, 6) is -1.15. The molecule has 1 saturated heterocycles. The molecule has 1 heterocycles. The van der Waals surface area contributed by atoms with Crippen molar-refractivity contribution in [3.05, 3.63) is 47.9 Å². The molecule has 7 heteroatoms. The molecule has 1 aromatic rings. The monoisotopic (exact) mass is 544 g/mol. The molecule has 2 rings (SSSR count). The average molecular weight is 543 g/mol. The standard InChI is InChI=1S/C17H23O5.ClH.Hg/c1-17(2)21-14(10-16(18)19-3)9-15(22-17)12-20-11-13-7-5-4-6-8-13;;/h4-8,10,14-15H,9,11-12H2,1-3H3;1H;/q;;+1/p-1/t14-,15+;;/m0../s1. The van der Waals surface area contributed by atoms with E-state index in [2.05, 4.69) is 4.74 Å². The molecule has 0 N–H and O–H groups in total. The first-order valence-corrected chi connectivity index (χ1v) is 7.38. The van der Waals surface area contributed by atoms with Gasteiger partial charge in [0.15, 0.2) is 5.79 Å². The van der Waals surface area contributed by atoms with Crippen molar-refractivity contribution >= 4 is 0 Å². The van der Waals surface area contributed by atoms with Gasteiger partial charge in [-0.3, -0.25) is 0 Å². The summed E-state index contributed by atoms with van der Waals surface area (Å²) >= 11 is 0. The Morgan fingerprint density at radius 1 is 1.29 bits per heavy atom. The summed E-state index contributed by atoms with van der Waals surface area (Å²) in [6.07, 6.45) is 1.54. The molecule has 1 aliphatic rings. The minimum atomic E-state index is -0.756. The van der Waals surface area contributed by atoms with Gasteiger partial charge < -0.3 is 31.4 Å². The number of hydrogen-bond acceptors (Lipinski definition) is 4. The third-order valence-electron chi connectivity index (χ3n) is 3.32. The normalized spacial score (nSPS) is 22.9. The molecular weight excluding hydrogens is 520 g/mol. The summed E-state index contributed by atoms with van der Waals surface area (Å²) in [5.41, 5.74) is 1.12. The van der Waals surface area contributed by atoms with E-state index in [1.165, 1.54) is 13.2 Å². The number of halogens is 1. The van der Waals surface area contributed by atoms with Crippen molar-refractivity contribution in [3.8, 4) is 0 Å². The van der Waals surface area contributed by atoms with Crippen LogP contribution in [0.1, 0.15) is 25.8 Å². The molecule has 2 radical (unpaired) electrons. The Hall–Kier alpha value is -0.335. The molecule has 0 unspecified atom stereocenters. The Bertz CT molecular complexity index is 495. The zero-order valence-electron chi connectivity index (χ0n) is 14.4. The van der Waals surface area contributed by atoms with Crippen molar-refractivity contribution in [1.82, 2.24) is 0 Å². The van der Waals surface area contributed by atoms with E-state index in [1.54, 1.807) is 0 Å². The van der Waals surface area contributed by atoms with Crippen LogP contribution in [0.15, 0.2) is 42.4 Å². The topological polar surface area (TPSA) is 56.8 Å². The minimum absolute atomic E-state index is 0. The van der Waals surface area contributed by atoms with Crippen molar-refractivity contribution in [2.45, 2.75) is 44.9 Å². The second-order valence-electron chi connectivity index (χ2n) is 5.72. The van der Waals surface area contributed by atoms with Gasteiger partial charge in [0.25, 0.3) is 0 Å². The van der Waals surface area contributed by atoms with Crippen LogP contribution in [-0.4, -0.2) is 31.7 Å². The Morgan fingerprint density at radius 2 is 1.96 bits per heavy atom. The Balaban J connectivity index is 0.00000264. The first kappa shape index (κ1) is 23.7. The maximum atomic E-state index is 11.4. The van der Waals surface area contributed by atoms with E-state index in [0.29, 0.717) is 19.6 Å². The summed E-state index contributed by atoms with van der Waals surface area (Å²) in [6, 6.07) is 9.97. The van der Waals surface area contributed by atoms with E-state index in [9.17, 15) is 5.11 Å². The van der Waals surface area contributed by atoms with Crippen molar-refractivity contribution in [3.63, 3.8) is 0 Å². The summed E-state index contributed by atoms with van der Waals surface area (Å²) in [7, 11) is 1.35. The fourth-order valence-corrected chi connectivity index (χ4v) is 2.46. The molecule has 0 aliphatic carbocycles. The van der Waals surface area contributed by atoms with Crippen molar-refractivity contribution in [2.24, 2.45) is 0 Å². The summed E-state index contributed by atoms with van der Waals surface area (Å²) < 4.78 is 21.9. The number of ether oxygens (including phenoxy) is 4. The molecule has 24 heavy (non-hydrogen) atoms. The molecule has 1 aromatic carbocycles. The number of rotatable bonds is 6. The van der Waals surface area contributed by atoms with Gasteiger partial charge in [-0.1, -0.05) is 30.3 Å². The zero-order valence-corrected chi connectivity index (χ0v) is 20.6. The molecule has 1 fully saturated rings. The van der Waals surface area contributed by atoms with Gasteiger partial charge >= 0.3 is 33.6 Å².